The van der Waals surface area contributed by atoms with Crippen LogP contribution in [0.4, 0.5) is 5.82 Å². The van der Waals surface area contributed by atoms with E-state index in [2.05, 4.69) is 16.6 Å². The molecule has 36 heavy (non-hydrogen) atoms. The normalized spacial score (nSPS) is 11.8. The Morgan fingerprint density at radius 1 is 1.03 bits per heavy atom. The number of rotatable bonds is 10. The number of nitrogens with one attached hydrogen (secondary N) is 1. The summed E-state index contributed by atoms with van der Waals surface area (Å²) in [6, 6.07) is 18.1. The number of hydrogen-bond donors (Lipinski definition) is 2. The molecule has 0 fully saturated rings. The summed E-state index contributed by atoms with van der Waals surface area (Å²) in [5.41, 5.74) is 4.07. The Balaban J connectivity index is 1.69. The van der Waals surface area contributed by atoms with Gasteiger partial charge in [-0.25, -0.2) is 23.2 Å². The van der Waals surface area contributed by atoms with Gasteiger partial charge in [-0.15, -0.1) is 0 Å². The van der Waals surface area contributed by atoms with Crippen LogP contribution in [0, 0.1) is 0 Å². The third-order valence-corrected chi connectivity index (χ3v) is 7.79. The van der Waals surface area contributed by atoms with Crippen LogP contribution < -0.4 is 4.72 Å². The monoisotopic (exact) mass is 506 g/mol. The molecule has 2 aromatic carbocycles. The van der Waals surface area contributed by atoms with Gasteiger partial charge in [-0.05, 0) is 55.2 Å². The van der Waals surface area contributed by atoms with Crippen LogP contribution in [0.25, 0.3) is 22.3 Å². The summed E-state index contributed by atoms with van der Waals surface area (Å²) in [5.74, 6) is 0.193. The van der Waals surface area contributed by atoms with Crippen molar-refractivity contribution in [1.29, 1.82) is 0 Å². The summed E-state index contributed by atoms with van der Waals surface area (Å²) in [7, 11) is -3.52. The number of aromatic nitrogens is 3. The molecule has 2 heterocycles. The van der Waals surface area contributed by atoms with E-state index < -0.39 is 21.2 Å². The molecule has 0 aliphatic rings. The van der Waals surface area contributed by atoms with Crippen LogP contribution in [0.2, 0.25) is 0 Å². The molecule has 2 aromatic heterocycles. The second-order valence-electron chi connectivity index (χ2n) is 9.00. The van der Waals surface area contributed by atoms with Gasteiger partial charge in [0.05, 0.1) is 17.4 Å². The van der Waals surface area contributed by atoms with Crippen molar-refractivity contribution in [2.75, 3.05) is 4.72 Å². The third-order valence-electron chi connectivity index (χ3n) is 6.06. The standard InChI is InChI=1S/C27H30N4O4S/c1-4-5-10-25-28-23-15-16-24(30-36(34,35)18(2)3)29-26(23)31(25)17-19-11-13-20(14-12-19)21-8-6-7-9-22(21)27(32)33/h6-9,11-16,18H,4-5,10,17H2,1-3H3,(H,29,30)(H,32,33). The highest BCUT2D eigenvalue weighted by atomic mass is 32.2. The molecule has 0 unspecified atom stereocenters. The molecule has 0 radical (unpaired) electrons. The van der Waals surface area contributed by atoms with Crippen LogP contribution in [0.15, 0.2) is 60.7 Å². The number of benzene rings is 2. The zero-order chi connectivity index (χ0) is 25.9. The summed E-state index contributed by atoms with van der Waals surface area (Å²) in [6.45, 7) is 5.86. The van der Waals surface area contributed by atoms with Crippen molar-refractivity contribution < 1.29 is 18.3 Å². The van der Waals surface area contributed by atoms with Crippen LogP contribution in [-0.2, 0) is 23.0 Å². The van der Waals surface area contributed by atoms with Gasteiger partial charge in [0.15, 0.2) is 5.65 Å². The number of carbonyl (C=O) groups is 1. The van der Waals surface area contributed by atoms with E-state index in [1.807, 2.05) is 34.9 Å². The highest BCUT2D eigenvalue weighted by Crippen LogP contribution is 2.26. The molecule has 8 nitrogen and oxygen atoms in total. The fraction of sp³-hybridized carbons (Fsp3) is 0.296. The molecule has 2 N–H and O–H groups in total. The second kappa shape index (κ2) is 10.5. The first kappa shape index (κ1) is 25.4. The number of hydrogen-bond acceptors (Lipinski definition) is 5. The van der Waals surface area contributed by atoms with Gasteiger partial charge in [0, 0.05) is 6.42 Å². The van der Waals surface area contributed by atoms with E-state index in [1.54, 1.807) is 44.2 Å². The topological polar surface area (TPSA) is 114 Å². The van der Waals surface area contributed by atoms with E-state index in [-0.39, 0.29) is 11.4 Å². The maximum Gasteiger partial charge on any atom is 0.336 e. The van der Waals surface area contributed by atoms with Gasteiger partial charge < -0.3 is 9.67 Å². The Labute approximate surface area is 211 Å². The summed E-state index contributed by atoms with van der Waals surface area (Å²) in [4.78, 5) is 21.0. The van der Waals surface area contributed by atoms with Crippen molar-refractivity contribution in [2.45, 2.75) is 51.8 Å². The largest absolute Gasteiger partial charge is 0.478 e. The molecule has 0 saturated heterocycles. The lowest BCUT2D eigenvalue weighted by molar-refractivity contribution is 0.0697. The number of anilines is 1. The lowest BCUT2D eigenvalue weighted by Gasteiger charge is -2.12. The summed E-state index contributed by atoms with van der Waals surface area (Å²) < 4.78 is 29.3. The van der Waals surface area contributed by atoms with E-state index >= 15 is 0 Å². The number of sulfonamides is 1. The van der Waals surface area contributed by atoms with E-state index in [0.717, 1.165) is 36.2 Å². The minimum atomic E-state index is -3.52. The molecule has 0 amide bonds. The van der Waals surface area contributed by atoms with E-state index in [9.17, 15) is 18.3 Å². The Hall–Kier alpha value is -3.72. The fourth-order valence-corrected chi connectivity index (χ4v) is 4.60. The first-order valence-corrected chi connectivity index (χ1v) is 13.5. The predicted octanol–water partition coefficient (Wildman–Crippen LogP) is 5.34. The first-order chi connectivity index (χ1) is 17.2. The quantitative estimate of drug-likeness (QED) is 0.300. The summed E-state index contributed by atoms with van der Waals surface area (Å²) in [5, 5.41) is 8.94. The number of carboxylic acid groups (broad SMARTS) is 1. The Morgan fingerprint density at radius 3 is 2.42 bits per heavy atom. The number of aryl methyl sites for hydroxylation is 1. The van der Waals surface area contributed by atoms with Gasteiger partial charge >= 0.3 is 5.97 Å². The van der Waals surface area contributed by atoms with Crippen molar-refractivity contribution in [2.24, 2.45) is 0 Å². The van der Waals surface area contributed by atoms with Gasteiger partial charge in [-0.1, -0.05) is 55.8 Å². The molecule has 0 aliphatic carbocycles. The predicted molar refractivity (Wildman–Crippen MR) is 142 cm³/mol. The Bertz CT molecular complexity index is 1490. The van der Waals surface area contributed by atoms with Crippen molar-refractivity contribution in [1.82, 2.24) is 14.5 Å². The Morgan fingerprint density at radius 2 is 1.75 bits per heavy atom. The summed E-state index contributed by atoms with van der Waals surface area (Å²) >= 11 is 0. The molecule has 188 valence electrons. The van der Waals surface area contributed by atoms with Crippen LogP contribution in [0.3, 0.4) is 0 Å². The van der Waals surface area contributed by atoms with E-state index in [1.165, 1.54) is 0 Å². The highest BCUT2D eigenvalue weighted by Gasteiger charge is 2.19. The average Bonchev–Trinajstić information content (AvgIpc) is 3.19. The lowest BCUT2D eigenvalue weighted by atomic mass is 9.99. The minimum Gasteiger partial charge on any atom is -0.478 e. The molecule has 0 spiro atoms. The Kier molecular flexibility index (Phi) is 7.40. The molecule has 4 rings (SSSR count). The molecule has 0 bridgehead atoms. The second-order valence-corrected chi connectivity index (χ2v) is 11.2. The molecule has 9 heteroatoms. The lowest BCUT2D eigenvalue weighted by Crippen LogP contribution is -2.23. The fourth-order valence-electron chi connectivity index (χ4n) is 3.95. The number of pyridine rings is 1. The van der Waals surface area contributed by atoms with Gasteiger partial charge in [0.25, 0.3) is 0 Å². The SMILES string of the molecule is CCCCc1nc2ccc(NS(=O)(=O)C(C)C)nc2n1Cc1ccc(-c2ccccc2C(=O)O)cc1. The molecule has 0 saturated carbocycles. The number of imidazole rings is 1. The van der Waals surface area contributed by atoms with Crippen molar-refractivity contribution >= 4 is 33.0 Å². The maximum atomic E-state index is 12.4. The number of nitrogens with zero attached hydrogens (tertiary/aromatic N) is 3. The molecular formula is C27H30N4O4S. The number of carboxylic acids is 1. The molecular weight excluding hydrogens is 476 g/mol. The average molecular weight is 507 g/mol. The third kappa shape index (κ3) is 5.41. The van der Waals surface area contributed by atoms with Gasteiger partial charge in [-0.3, -0.25) is 4.72 Å². The molecule has 4 aromatic rings. The van der Waals surface area contributed by atoms with Gasteiger partial charge in [0.1, 0.15) is 17.2 Å². The zero-order valence-electron chi connectivity index (χ0n) is 20.6. The zero-order valence-corrected chi connectivity index (χ0v) is 21.4. The number of fused-ring (bicyclic) bond motifs is 1. The van der Waals surface area contributed by atoms with Crippen LogP contribution in [-0.4, -0.2) is 39.3 Å². The number of unbranched alkanes of at least 4 members (excludes halogenated alkanes) is 1. The number of aromatic carboxylic acids is 1. The molecule has 0 aliphatic heterocycles. The van der Waals surface area contributed by atoms with Crippen LogP contribution in [0.5, 0.6) is 0 Å². The van der Waals surface area contributed by atoms with Gasteiger partial charge in [0.2, 0.25) is 10.0 Å². The van der Waals surface area contributed by atoms with Crippen molar-refractivity contribution in [3.8, 4) is 11.1 Å². The van der Waals surface area contributed by atoms with Crippen LogP contribution >= 0.6 is 0 Å². The van der Waals surface area contributed by atoms with Crippen molar-refractivity contribution in [3.05, 3.63) is 77.6 Å². The first-order valence-electron chi connectivity index (χ1n) is 12.0. The highest BCUT2D eigenvalue weighted by molar-refractivity contribution is 7.93. The molecule has 0 atom stereocenters. The van der Waals surface area contributed by atoms with E-state index in [0.29, 0.717) is 23.3 Å². The van der Waals surface area contributed by atoms with Gasteiger partial charge in [-0.2, -0.15) is 0 Å². The van der Waals surface area contributed by atoms with Crippen LogP contribution in [0.1, 0.15) is 55.4 Å². The summed E-state index contributed by atoms with van der Waals surface area (Å²) in [6.07, 6.45) is 2.78. The van der Waals surface area contributed by atoms with E-state index in [4.69, 9.17) is 4.98 Å². The maximum absolute atomic E-state index is 12.4. The minimum absolute atomic E-state index is 0.258. The van der Waals surface area contributed by atoms with Crippen molar-refractivity contribution in [3.63, 3.8) is 0 Å². The smallest absolute Gasteiger partial charge is 0.336 e.